The lowest BCUT2D eigenvalue weighted by Crippen LogP contribution is -2.27. The molecule has 0 spiro atoms. The first-order chi connectivity index (χ1) is 15.4. The molecule has 0 aliphatic rings. The highest BCUT2D eigenvalue weighted by molar-refractivity contribution is 7.99. The summed E-state index contributed by atoms with van der Waals surface area (Å²) in [6.45, 7) is 0.342. The van der Waals surface area contributed by atoms with Crippen molar-refractivity contribution < 1.29 is 19.1 Å². The van der Waals surface area contributed by atoms with E-state index < -0.39 is 0 Å². The highest BCUT2D eigenvalue weighted by atomic mass is 35.5. The number of carbonyl (C=O) groups is 2. The van der Waals surface area contributed by atoms with E-state index >= 15 is 0 Å². The second kappa shape index (κ2) is 11.0. The number of benzene rings is 2. The largest absolute Gasteiger partial charge is 0.495 e. The summed E-state index contributed by atoms with van der Waals surface area (Å²) in [5.74, 6) is -0.0366. The number of hydrogen-bond acceptors (Lipinski definition) is 7. The predicted molar refractivity (Wildman–Crippen MR) is 124 cm³/mol. The monoisotopic (exact) mass is 475 g/mol. The lowest BCUT2D eigenvalue weighted by Gasteiger charge is -2.15. The minimum absolute atomic E-state index is 0.0336. The molecule has 8 nitrogen and oxygen atoms in total. The molecule has 0 bridgehead atoms. The Morgan fingerprint density at radius 1 is 1.19 bits per heavy atom. The third-order valence-corrected chi connectivity index (χ3v) is 5.74. The van der Waals surface area contributed by atoms with Gasteiger partial charge in [0.25, 0.3) is 5.56 Å². The van der Waals surface area contributed by atoms with Crippen molar-refractivity contribution in [2.75, 3.05) is 26.5 Å². The van der Waals surface area contributed by atoms with Crippen LogP contribution in [0.15, 0.2) is 52.4 Å². The quantitative estimate of drug-likeness (QED) is 0.219. The molecule has 0 aliphatic heterocycles. The van der Waals surface area contributed by atoms with Crippen LogP contribution in [0.3, 0.4) is 0 Å². The molecule has 0 unspecified atom stereocenters. The van der Waals surface area contributed by atoms with Gasteiger partial charge in [-0.05, 0) is 36.8 Å². The van der Waals surface area contributed by atoms with E-state index in [-0.39, 0.29) is 29.6 Å². The van der Waals surface area contributed by atoms with Crippen LogP contribution in [0.4, 0.5) is 0 Å². The van der Waals surface area contributed by atoms with Gasteiger partial charge in [-0.15, -0.1) is 0 Å². The molecule has 1 heterocycles. The molecule has 0 saturated carbocycles. The highest BCUT2D eigenvalue weighted by Gasteiger charge is 2.17. The maximum Gasteiger partial charge on any atom is 0.305 e. The summed E-state index contributed by atoms with van der Waals surface area (Å²) in [6.07, 6.45) is 0.700. The number of halogens is 1. The summed E-state index contributed by atoms with van der Waals surface area (Å²) in [4.78, 5) is 41.4. The zero-order valence-electron chi connectivity index (χ0n) is 17.6. The van der Waals surface area contributed by atoms with E-state index in [1.165, 1.54) is 18.8 Å². The Kier molecular flexibility index (Phi) is 8.13. The Hall–Kier alpha value is -3.04. The van der Waals surface area contributed by atoms with Gasteiger partial charge in [0.2, 0.25) is 5.91 Å². The standard InChI is InChI=1S/C22H22ClN3O5S/c1-30-18-7-4-3-6-17(18)26-21(29)15-10-9-14(23)12-16(15)25-22(26)32-13-19(27)24-11-5-8-20(28)31-2/h3-4,6-7,9-10,12H,5,8,11,13H2,1-2H3,(H,24,27). The van der Waals surface area contributed by atoms with Gasteiger partial charge in [-0.1, -0.05) is 35.5 Å². The van der Waals surface area contributed by atoms with Gasteiger partial charge < -0.3 is 14.8 Å². The Labute approximate surface area is 193 Å². The summed E-state index contributed by atoms with van der Waals surface area (Å²) >= 11 is 7.21. The number of ether oxygens (including phenoxy) is 2. The van der Waals surface area contributed by atoms with Gasteiger partial charge >= 0.3 is 5.97 Å². The molecule has 168 valence electrons. The number of hydrogen-bond donors (Lipinski definition) is 1. The number of para-hydroxylation sites is 2. The van der Waals surface area contributed by atoms with Crippen LogP contribution in [0.1, 0.15) is 12.8 Å². The van der Waals surface area contributed by atoms with E-state index in [9.17, 15) is 14.4 Å². The zero-order valence-corrected chi connectivity index (χ0v) is 19.2. The summed E-state index contributed by atoms with van der Waals surface area (Å²) in [6, 6.07) is 12.0. The fourth-order valence-electron chi connectivity index (χ4n) is 3.01. The number of rotatable bonds is 9. The molecule has 1 aromatic heterocycles. The number of amides is 1. The van der Waals surface area contributed by atoms with Gasteiger partial charge in [-0.3, -0.25) is 19.0 Å². The van der Waals surface area contributed by atoms with Crippen LogP contribution >= 0.6 is 23.4 Å². The molecular weight excluding hydrogens is 454 g/mol. The molecule has 0 atom stereocenters. The molecule has 0 fully saturated rings. The summed E-state index contributed by atoms with van der Waals surface area (Å²) < 4.78 is 11.4. The van der Waals surface area contributed by atoms with Crippen molar-refractivity contribution in [2.24, 2.45) is 0 Å². The summed E-state index contributed by atoms with van der Waals surface area (Å²) in [5, 5.41) is 3.94. The SMILES string of the molecule is COC(=O)CCCNC(=O)CSc1nc2cc(Cl)ccc2c(=O)n1-c1ccccc1OC. The maximum absolute atomic E-state index is 13.3. The Bertz CT molecular complexity index is 1200. The summed E-state index contributed by atoms with van der Waals surface area (Å²) in [5.41, 5.74) is 0.664. The van der Waals surface area contributed by atoms with Gasteiger partial charge in [0.1, 0.15) is 5.75 Å². The number of methoxy groups -OCH3 is 2. The van der Waals surface area contributed by atoms with E-state index in [0.717, 1.165) is 11.8 Å². The van der Waals surface area contributed by atoms with Gasteiger partial charge in [0.05, 0.1) is 36.6 Å². The fourth-order valence-corrected chi connectivity index (χ4v) is 4.01. The topological polar surface area (TPSA) is 99.5 Å². The van der Waals surface area contributed by atoms with E-state index in [0.29, 0.717) is 45.5 Å². The minimum Gasteiger partial charge on any atom is -0.495 e. The third-order valence-electron chi connectivity index (χ3n) is 4.57. The average Bonchev–Trinajstić information content (AvgIpc) is 2.80. The van der Waals surface area contributed by atoms with Crippen LogP contribution in [0.25, 0.3) is 16.6 Å². The molecule has 0 radical (unpaired) electrons. The Morgan fingerprint density at radius 3 is 2.72 bits per heavy atom. The average molecular weight is 476 g/mol. The predicted octanol–water partition coefficient (Wildman–Crippen LogP) is 3.21. The van der Waals surface area contributed by atoms with Crippen molar-refractivity contribution in [3.8, 4) is 11.4 Å². The van der Waals surface area contributed by atoms with Crippen molar-refractivity contribution in [1.82, 2.24) is 14.9 Å². The lowest BCUT2D eigenvalue weighted by atomic mass is 10.2. The third kappa shape index (κ3) is 5.60. The first-order valence-electron chi connectivity index (χ1n) is 9.76. The van der Waals surface area contributed by atoms with E-state index in [1.807, 2.05) is 0 Å². The van der Waals surface area contributed by atoms with Crippen LogP contribution in [-0.4, -0.2) is 47.9 Å². The second-order valence-electron chi connectivity index (χ2n) is 6.69. The van der Waals surface area contributed by atoms with Crippen molar-refractivity contribution in [3.05, 3.63) is 57.8 Å². The minimum atomic E-state index is -0.325. The number of esters is 1. The molecule has 10 heteroatoms. The van der Waals surface area contributed by atoms with E-state index in [2.05, 4.69) is 15.0 Å². The molecular formula is C22H22ClN3O5S. The first kappa shape index (κ1) is 23.6. The Morgan fingerprint density at radius 2 is 1.97 bits per heavy atom. The van der Waals surface area contributed by atoms with Crippen LogP contribution in [0.5, 0.6) is 5.75 Å². The highest BCUT2D eigenvalue weighted by Crippen LogP contribution is 2.27. The van der Waals surface area contributed by atoms with Gasteiger partial charge in [0.15, 0.2) is 5.16 Å². The van der Waals surface area contributed by atoms with Crippen molar-refractivity contribution in [3.63, 3.8) is 0 Å². The van der Waals surface area contributed by atoms with E-state index in [1.54, 1.807) is 42.5 Å². The molecule has 1 N–H and O–H groups in total. The molecule has 32 heavy (non-hydrogen) atoms. The molecule has 0 aliphatic carbocycles. The molecule has 3 aromatic rings. The lowest BCUT2D eigenvalue weighted by molar-refractivity contribution is -0.140. The molecule has 3 rings (SSSR count). The van der Waals surface area contributed by atoms with Gasteiger partial charge in [0, 0.05) is 18.0 Å². The van der Waals surface area contributed by atoms with Gasteiger partial charge in [-0.2, -0.15) is 0 Å². The van der Waals surface area contributed by atoms with E-state index in [4.69, 9.17) is 16.3 Å². The number of thioether (sulfide) groups is 1. The molecule has 1 amide bonds. The number of nitrogens with one attached hydrogen (secondary N) is 1. The number of fused-ring (bicyclic) bond motifs is 1. The Balaban J connectivity index is 1.89. The smallest absolute Gasteiger partial charge is 0.305 e. The normalized spacial score (nSPS) is 10.7. The first-order valence-corrected chi connectivity index (χ1v) is 11.1. The van der Waals surface area contributed by atoms with Crippen molar-refractivity contribution >= 4 is 46.1 Å². The second-order valence-corrected chi connectivity index (χ2v) is 8.07. The zero-order chi connectivity index (χ0) is 23.1. The number of nitrogens with zero attached hydrogens (tertiary/aromatic N) is 2. The fraction of sp³-hybridized carbons (Fsp3) is 0.273. The van der Waals surface area contributed by atoms with Crippen LogP contribution in [-0.2, 0) is 14.3 Å². The van der Waals surface area contributed by atoms with Crippen LogP contribution in [0, 0.1) is 0 Å². The molecule has 0 saturated heterocycles. The van der Waals surface area contributed by atoms with Crippen LogP contribution < -0.4 is 15.6 Å². The van der Waals surface area contributed by atoms with Crippen molar-refractivity contribution in [1.29, 1.82) is 0 Å². The van der Waals surface area contributed by atoms with Gasteiger partial charge in [-0.25, -0.2) is 4.98 Å². The maximum atomic E-state index is 13.3. The van der Waals surface area contributed by atoms with Crippen LogP contribution in [0.2, 0.25) is 5.02 Å². The molecule has 2 aromatic carbocycles. The summed E-state index contributed by atoms with van der Waals surface area (Å²) in [7, 11) is 2.84. The number of carbonyl (C=O) groups excluding carboxylic acids is 2. The van der Waals surface area contributed by atoms with Crippen molar-refractivity contribution in [2.45, 2.75) is 18.0 Å². The number of aromatic nitrogens is 2.